The number of carbonyl (C=O) groups excluding carboxylic acids is 2. The van der Waals surface area contributed by atoms with Crippen LogP contribution in [0.25, 0.3) is 0 Å². The van der Waals surface area contributed by atoms with Gasteiger partial charge < -0.3 is 14.8 Å². The molecule has 1 heterocycles. The highest BCUT2D eigenvalue weighted by molar-refractivity contribution is 6.00. The zero-order valence-electron chi connectivity index (χ0n) is 26.0. The molecule has 0 saturated heterocycles. The van der Waals surface area contributed by atoms with E-state index in [1.54, 1.807) is 26.0 Å². The smallest absolute Gasteiger partial charge is 0.337 e. The van der Waals surface area contributed by atoms with Crippen molar-refractivity contribution in [3.63, 3.8) is 0 Å². The molecular formula is C36H40N2O6. The molecule has 4 rings (SSSR count). The summed E-state index contributed by atoms with van der Waals surface area (Å²) in [5.41, 5.74) is 3.48. The summed E-state index contributed by atoms with van der Waals surface area (Å²) in [4.78, 5) is 37.9. The van der Waals surface area contributed by atoms with E-state index >= 15 is 0 Å². The van der Waals surface area contributed by atoms with E-state index in [1.807, 2.05) is 26.0 Å². The minimum Gasteiger partial charge on any atom is -0.466 e. The number of nitrogens with one attached hydrogen (secondary N) is 1. The molecule has 1 aliphatic heterocycles. The van der Waals surface area contributed by atoms with Crippen molar-refractivity contribution >= 4 is 17.6 Å². The van der Waals surface area contributed by atoms with E-state index in [9.17, 15) is 19.7 Å². The molecule has 8 nitrogen and oxygen atoms in total. The monoisotopic (exact) mass is 596 g/mol. The van der Waals surface area contributed by atoms with E-state index in [0.29, 0.717) is 23.4 Å². The van der Waals surface area contributed by atoms with Gasteiger partial charge in [-0.1, -0.05) is 79.2 Å². The van der Waals surface area contributed by atoms with Crippen LogP contribution in [0, 0.1) is 10.1 Å². The molecule has 0 aromatic heterocycles. The van der Waals surface area contributed by atoms with Crippen molar-refractivity contribution in [1.82, 2.24) is 5.32 Å². The van der Waals surface area contributed by atoms with E-state index in [2.05, 4.69) is 53.8 Å². The van der Waals surface area contributed by atoms with Gasteiger partial charge >= 0.3 is 11.9 Å². The molecule has 3 aromatic rings. The molecule has 0 amide bonds. The third-order valence-electron chi connectivity index (χ3n) is 8.09. The van der Waals surface area contributed by atoms with Crippen LogP contribution in [0.2, 0.25) is 0 Å². The highest BCUT2D eigenvalue weighted by Crippen LogP contribution is 2.41. The average molecular weight is 597 g/mol. The van der Waals surface area contributed by atoms with Crippen molar-refractivity contribution < 1.29 is 24.0 Å². The van der Waals surface area contributed by atoms with Gasteiger partial charge in [-0.05, 0) is 63.6 Å². The number of methoxy groups -OCH3 is 1. The van der Waals surface area contributed by atoms with Crippen LogP contribution in [-0.2, 0) is 19.1 Å². The summed E-state index contributed by atoms with van der Waals surface area (Å²) in [5, 5.41) is 14.7. The second kappa shape index (κ2) is 14.2. The lowest BCUT2D eigenvalue weighted by Gasteiger charge is -2.33. The molecule has 1 aliphatic rings. The molecule has 1 N–H and O–H groups in total. The molecule has 0 bridgehead atoms. The van der Waals surface area contributed by atoms with Crippen molar-refractivity contribution in [3.8, 4) is 0 Å². The van der Waals surface area contributed by atoms with E-state index < -0.39 is 28.4 Å². The maximum absolute atomic E-state index is 13.9. The van der Waals surface area contributed by atoms with Crippen molar-refractivity contribution in [2.75, 3.05) is 7.11 Å². The Labute approximate surface area is 258 Å². The van der Waals surface area contributed by atoms with Gasteiger partial charge in [0, 0.05) is 29.4 Å². The lowest BCUT2D eigenvalue weighted by molar-refractivity contribution is -0.384. The lowest BCUT2D eigenvalue weighted by Crippen LogP contribution is -2.35. The summed E-state index contributed by atoms with van der Waals surface area (Å²) >= 11 is 0. The molecule has 0 saturated carbocycles. The first-order chi connectivity index (χ1) is 21.0. The molecular weight excluding hydrogens is 556 g/mol. The summed E-state index contributed by atoms with van der Waals surface area (Å²) < 4.78 is 11.2. The standard InChI is InChI=1S/C36H40N2O6/c1-24-31(34(39)43-5)33(28-19-14-20-29(23-28)38(41)42)32(25(2)37-24)35(40)44-36(3,4)22-13-12-21-30(26-15-8-6-9-16-26)27-17-10-7-11-18-27/h6-11,14-20,23,30,33,37H,12-13,21-22H2,1-5H3. The highest BCUT2D eigenvalue weighted by atomic mass is 16.6. The van der Waals surface area contributed by atoms with Crippen LogP contribution < -0.4 is 5.32 Å². The summed E-state index contributed by atoms with van der Waals surface area (Å²) in [7, 11) is 1.26. The first kappa shape index (κ1) is 32.2. The van der Waals surface area contributed by atoms with Gasteiger partial charge in [0.15, 0.2) is 0 Å². The zero-order chi connectivity index (χ0) is 31.9. The van der Waals surface area contributed by atoms with Gasteiger partial charge in [0.25, 0.3) is 5.69 Å². The number of hydrogen-bond donors (Lipinski definition) is 1. The van der Waals surface area contributed by atoms with Gasteiger partial charge in [0.1, 0.15) is 5.60 Å². The van der Waals surface area contributed by atoms with E-state index in [1.165, 1.54) is 30.4 Å². The van der Waals surface area contributed by atoms with E-state index in [-0.39, 0.29) is 22.8 Å². The second-order valence-electron chi connectivity index (χ2n) is 11.7. The van der Waals surface area contributed by atoms with Crippen molar-refractivity contribution in [2.24, 2.45) is 0 Å². The summed E-state index contributed by atoms with van der Waals surface area (Å²) in [6.45, 7) is 7.21. The molecule has 0 radical (unpaired) electrons. The Morgan fingerprint density at radius 2 is 1.43 bits per heavy atom. The first-order valence-corrected chi connectivity index (χ1v) is 14.9. The topological polar surface area (TPSA) is 108 Å². The van der Waals surface area contributed by atoms with E-state index in [4.69, 9.17) is 9.47 Å². The Bertz CT molecular complexity index is 1520. The molecule has 1 unspecified atom stereocenters. The number of hydrogen-bond acceptors (Lipinski definition) is 7. The third-order valence-corrected chi connectivity index (χ3v) is 8.09. The van der Waals surface area contributed by atoms with Gasteiger partial charge in [0.05, 0.1) is 29.1 Å². The van der Waals surface area contributed by atoms with Crippen LogP contribution in [0.5, 0.6) is 0 Å². The number of carbonyl (C=O) groups is 2. The minimum atomic E-state index is -0.899. The molecule has 0 spiro atoms. The second-order valence-corrected chi connectivity index (χ2v) is 11.7. The quantitative estimate of drug-likeness (QED) is 0.0987. The van der Waals surface area contributed by atoms with Gasteiger partial charge in [-0.3, -0.25) is 10.1 Å². The Morgan fingerprint density at radius 3 is 1.98 bits per heavy atom. The Balaban J connectivity index is 1.51. The molecule has 0 aliphatic carbocycles. The molecule has 230 valence electrons. The Hall–Kier alpha value is -4.72. The largest absolute Gasteiger partial charge is 0.466 e. The molecule has 0 fully saturated rings. The van der Waals surface area contributed by atoms with Crippen molar-refractivity contribution in [3.05, 3.63) is 134 Å². The first-order valence-electron chi connectivity index (χ1n) is 14.9. The lowest BCUT2D eigenvalue weighted by atomic mass is 9.80. The number of benzene rings is 3. The zero-order valence-corrected chi connectivity index (χ0v) is 26.0. The molecule has 3 aromatic carbocycles. The van der Waals surface area contributed by atoms with Crippen LogP contribution >= 0.6 is 0 Å². The number of rotatable bonds is 12. The van der Waals surface area contributed by atoms with Crippen molar-refractivity contribution in [1.29, 1.82) is 0 Å². The Morgan fingerprint density at radius 1 is 0.864 bits per heavy atom. The fraction of sp³-hybridized carbons (Fsp3) is 0.333. The van der Waals surface area contributed by atoms with Crippen LogP contribution in [0.4, 0.5) is 5.69 Å². The number of nitrogens with zero attached hydrogens (tertiary/aromatic N) is 1. The molecule has 44 heavy (non-hydrogen) atoms. The number of nitro benzene ring substituents is 1. The van der Waals surface area contributed by atoms with Gasteiger partial charge in [-0.25, -0.2) is 9.59 Å². The minimum absolute atomic E-state index is 0.141. The van der Waals surface area contributed by atoms with Crippen LogP contribution in [-0.4, -0.2) is 29.6 Å². The number of unbranched alkanes of at least 4 members (excludes halogenated alkanes) is 1. The number of non-ortho nitro benzene ring substituents is 1. The fourth-order valence-corrected chi connectivity index (χ4v) is 5.95. The number of ether oxygens (including phenoxy) is 2. The SMILES string of the molecule is COC(=O)C1=C(C)NC(C)=C(C(=O)OC(C)(C)CCCCC(c2ccccc2)c2ccccc2)C1c1cccc([N+](=O)[O-])c1. The van der Waals surface area contributed by atoms with Gasteiger partial charge in [-0.15, -0.1) is 0 Å². The van der Waals surface area contributed by atoms with Crippen LogP contribution in [0.15, 0.2) is 107 Å². The van der Waals surface area contributed by atoms with E-state index in [0.717, 1.165) is 19.3 Å². The highest BCUT2D eigenvalue weighted by Gasteiger charge is 2.39. The average Bonchev–Trinajstić information content (AvgIpc) is 3.01. The summed E-state index contributed by atoms with van der Waals surface area (Å²) in [5.74, 6) is -1.84. The predicted octanol–water partition coefficient (Wildman–Crippen LogP) is 7.72. The third kappa shape index (κ3) is 7.61. The summed E-state index contributed by atoms with van der Waals surface area (Å²) in [6, 6.07) is 26.9. The fourth-order valence-electron chi connectivity index (χ4n) is 5.95. The number of allylic oxidation sites excluding steroid dienone is 2. The number of nitro groups is 1. The van der Waals surface area contributed by atoms with Gasteiger partial charge in [-0.2, -0.15) is 0 Å². The predicted molar refractivity (Wildman–Crippen MR) is 170 cm³/mol. The maximum atomic E-state index is 13.9. The summed E-state index contributed by atoms with van der Waals surface area (Å²) in [6.07, 6.45) is 3.36. The maximum Gasteiger partial charge on any atom is 0.337 e. The van der Waals surface area contributed by atoms with Crippen molar-refractivity contribution in [2.45, 2.75) is 70.8 Å². The van der Waals surface area contributed by atoms with Crippen LogP contribution in [0.3, 0.4) is 0 Å². The molecule has 1 atom stereocenters. The van der Waals surface area contributed by atoms with Crippen LogP contribution in [0.1, 0.15) is 81.9 Å². The molecule has 8 heteroatoms. The number of dihydropyridines is 1. The number of esters is 2. The Kier molecular flexibility index (Phi) is 10.4. The van der Waals surface area contributed by atoms with Gasteiger partial charge in [0.2, 0.25) is 0 Å². The normalized spacial score (nSPS) is 15.2.